The van der Waals surface area contributed by atoms with Crippen molar-refractivity contribution >= 4 is 29.2 Å². The number of urea groups is 1. The Balaban J connectivity index is 1.86. The third kappa shape index (κ3) is 3.76. The molecule has 0 unspecified atom stereocenters. The highest BCUT2D eigenvalue weighted by Crippen LogP contribution is 2.24. The van der Waals surface area contributed by atoms with Crippen LogP contribution < -0.4 is 21.1 Å². The van der Waals surface area contributed by atoms with Crippen LogP contribution in [-0.4, -0.2) is 41.9 Å². The molecule has 0 bridgehead atoms. The summed E-state index contributed by atoms with van der Waals surface area (Å²) < 4.78 is 5.09. The molecule has 4 amide bonds. The first-order chi connectivity index (χ1) is 11.2. The van der Waals surface area contributed by atoms with Gasteiger partial charge in [0.05, 0.1) is 18.5 Å². The van der Waals surface area contributed by atoms with Gasteiger partial charge in [0.2, 0.25) is 5.91 Å². The minimum Gasteiger partial charge on any atom is -0.497 e. The lowest BCUT2D eigenvalue weighted by Gasteiger charge is -2.16. The number of anilines is 2. The number of hydrogen-bond donors (Lipinski definition) is 3. The van der Waals surface area contributed by atoms with Crippen molar-refractivity contribution in [1.82, 2.24) is 10.2 Å². The molecule has 1 aliphatic rings. The van der Waals surface area contributed by atoms with Crippen LogP contribution in [0, 0.1) is 0 Å². The van der Waals surface area contributed by atoms with Crippen LogP contribution in [0.1, 0.15) is 26.7 Å². The summed E-state index contributed by atoms with van der Waals surface area (Å²) in [6.45, 7) is 3.48. The van der Waals surface area contributed by atoms with Gasteiger partial charge in [0, 0.05) is 19.0 Å². The van der Waals surface area contributed by atoms with Crippen LogP contribution in [0.3, 0.4) is 0 Å². The van der Waals surface area contributed by atoms with E-state index in [1.807, 2.05) is 0 Å². The van der Waals surface area contributed by atoms with Crippen LogP contribution in [-0.2, 0) is 9.59 Å². The van der Waals surface area contributed by atoms with Crippen molar-refractivity contribution in [3.63, 3.8) is 0 Å². The maximum absolute atomic E-state index is 12.0. The summed E-state index contributed by atoms with van der Waals surface area (Å²) in [4.78, 5) is 36.9. The Hall–Kier alpha value is -2.77. The molecule has 0 spiro atoms. The number of methoxy groups -OCH3 is 1. The van der Waals surface area contributed by atoms with Gasteiger partial charge in [-0.2, -0.15) is 0 Å². The van der Waals surface area contributed by atoms with Crippen LogP contribution in [0.4, 0.5) is 16.2 Å². The van der Waals surface area contributed by atoms with Crippen LogP contribution >= 0.6 is 0 Å². The summed E-state index contributed by atoms with van der Waals surface area (Å²) >= 11 is 0. The third-order valence-electron chi connectivity index (χ3n) is 3.76. The van der Waals surface area contributed by atoms with E-state index in [9.17, 15) is 14.4 Å². The van der Waals surface area contributed by atoms with Gasteiger partial charge in [0.1, 0.15) is 11.3 Å². The van der Waals surface area contributed by atoms with Crippen LogP contribution in [0.2, 0.25) is 0 Å². The first-order valence-corrected chi connectivity index (χ1v) is 7.62. The lowest BCUT2D eigenvalue weighted by Crippen LogP contribution is -2.40. The molecular formula is C16H22N4O4. The van der Waals surface area contributed by atoms with E-state index < -0.39 is 11.6 Å². The zero-order chi connectivity index (χ0) is 17.9. The van der Waals surface area contributed by atoms with Gasteiger partial charge in [-0.25, -0.2) is 4.79 Å². The number of hydrogen-bond acceptors (Lipinski definition) is 5. The first-order valence-electron chi connectivity index (χ1n) is 7.62. The van der Waals surface area contributed by atoms with Gasteiger partial charge in [-0.3, -0.25) is 14.5 Å². The maximum atomic E-state index is 12.0. The Morgan fingerprint density at radius 3 is 2.67 bits per heavy atom. The Labute approximate surface area is 140 Å². The summed E-state index contributed by atoms with van der Waals surface area (Å²) in [5, 5.41) is 5.30. The van der Waals surface area contributed by atoms with Crippen molar-refractivity contribution < 1.29 is 19.1 Å². The fourth-order valence-corrected chi connectivity index (χ4v) is 2.40. The molecule has 4 N–H and O–H groups in total. The smallest absolute Gasteiger partial charge is 0.325 e. The molecule has 1 heterocycles. The Morgan fingerprint density at radius 2 is 2.08 bits per heavy atom. The largest absolute Gasteiger partial charge is 0.497 e. The Kier molecular flexibility index (Phi) is 4.96. The molecule has 8 nitrogen and oxygen atoms in total. The van der Waals surface area contributed by atoms with E-state index in [1.165, 1.54) is 7.11 Å². The number of nitrogens with two attached hydrogens (primary N) is 1. The fraction of sp³-hybridized carbons (Fsp3) is 0.438. The molecule has 130 valence electrons. The predicted molar refractivity (Wildman–Crippen MR) is 89.6 cm³/mol. The number of carbonyl (C=O) groups excluding carboxylic acids is 3. The quantitative estimate of drug-likeness (QED) is 0.536. The lowest BCUT2D eigenvalue weighted by atomic mass is 10.1. The number of imide groups is 1. The standard InChI is InChI=1S/C16H22N4O4/c1-16(2)14(22)20(15(23)19-16)8-4-5-13(21)18-12-9-10(24-3)6-7-11(12)17/h6-7,9H,4-5,8,17H2,1-3H3,(H,18,21)(H,19,23). The van der Waals surface area contributed by atoms with Crippen molar-refractivity contribution in [2.75, 3.05) is 24.7 Å². The van der Waals surface area contributed by atoms with Crippen molar-refractivity contribution in [2.24, 2.45) is 0 Å². The molecule has 1 aliphatic heterocycles. The second kappa shape index (κ2) is 6.77. The minimum atomic E-state index is -0.894. The highest BCUT2D eigenvalue weighted by molar-refractivity contribution is 6.06. The number of carbonyl (C=O) groups is 3. The summed E-state index contributed by atoms with van der Waals surface area (Å²) in [5.74, 6) is 0.0484. The Morgan fingerprint density at radius 1 is 1.38 bits per heavy atom. The van der Waals surface area contributed by atoms with Crippen molar-refractivity contribution in [1.29, 1.82) is 0 Å². The normalized spacial score (nSPS) is 16.0. The summed E-state index contributed by atoms with van der Waals surface area (Å²) in [6, 6.07) is 4.55. The summed E-state index contributed by atoms with van der Waals surface area (Å²) in [7, 11) is 1.52. The van der Waals surface area contributed by atoms with Crippen molar-refractivity contribution in [2.45, 2.75) is 32.2 Å². The summed E-state index contributed by atoms with van der Waals surface area (Å²) in [5.41, 5.74) is 5.81. The third-order valence-corrected chi connectivity index (χ3v) is 3.76. The molecule has 1 fully saturated rings. The number of nitrogen functional groups attached to an aromatic ring is 1. The number of nitrogens with zero attached hydrogens (tertiary/aromatic N) is 1. The Bertz CT molecular complexity index is 672. The minimum absolute atomic E-state index is 0.161. The number of rotatable bonds is 6. The molecule has 1 aromatic carbocycles. The number of ether oxygens (including phenoxy) is 1. The van der Waals surface area contributed by atoms with E-state index in [0.717, 1.165) is 4.90 Å². The van der Waals surface area contributed by atoms with E-state index in [4.69, 9.17) is 10.5 Å². The van der Waals surface area contributed by atoms with Crippen LogP contribution in [0.25, 0.3) is 0 Å². The molecule has 1 aromatic rings. The average molecular weight is 334 g/mol. The fourth-order valence-electron chi connectivity index (χ4n) is 2.40. The topological polar surface area (TPSA) is 114 Å². The second-order valence-electron chi connectivity index (χ2n) is 6.12. The lowest BCUT2D eigenvalue weighted by molar-refractivity contribution is -0.130. The number of nitrogens with one attached hydrogen (secondary N) is 2. The molecule has 0 aromatic heterocycles. The molecule has 0 saturated carbocycles. The van der Waals surface area contributed by atoms with Gasteiger partial charge in [-0.1, -0.05) is 0 Å². The molecule has 24 heavy (non-hydrogen) atoms. The van der Waals surface area contributed by atoms with Crippen LogP contribution in [0.15, 0.2) is 18.2 Å². The molecule has 1 saturated heterocycles. The average Bonchev–Trinajstić information content (AvgIpc) is 2.71. The summed E-state index contributed by atoms with van der Waals surface area (Å²) in [6.07, 6.45) is 0.527. The highest BCUT2D eigenvalue weighted by atomic mass is 16.5. The van der Waals surface area contributed by atoms with Crippen molar-refractivity contribution in [3.05, 3.63) is 18.2 Å². The van der Waals surface area contributed by atoms with E-state index in [2.05, 4.69) is 10.6 Å². The molecular weight excluding hydrogens is 312 g/mol. The van der Waals surface area contributed by atoms with E-state index >= 15 is 0 Å². The zero-order valence-corrected chi connectivity index (χ0v) is 14.0. The second-order valence-corrected chi connectivity index (χ2v) is 6.12. The van der Waals surface area contributed by atoms with Gasteiger partial charge in [-0.05, 0) is 32.4 Å². The maximum Gasteiger partial charge on any atom is 0.325 e. The molecule has 0 radical (unpaired) electrons. The van der Waals surface area contributed by atoms with Gasteiger partial charge < -0.3 is 21.1 Å². The SMILES string of the molecule is COc1ccc(N)c(NC(=O)CCCN2C(=O)NC(C)(C)C2=O)c1. The monoisotopic (exact) mass is 334 g/mol. The van der Waals surface area contributed by atoms with E-state index in [0.29, 0.717) is 23.5 Å². The molecule has 8 heteroatoms. The van der Waals surface area contributed by atoms with Gasteiger partial charge in [-0.15, -0.1) is 0 Å². The highest BCUT2D eigenvalue weighted by Gasteiger charge is 2.43. The molecule has 0 aliphatic carbocycles. The zero-order valence-electron chi connectivity index (χ0n) is 14.0. The van der Waals surface area contributed by atoms with E-state index in [1.54, 1.807) is 32.0 Å². The predicted octanol–water partition coefficient (Wildman–Crippen LogP) is 1.33. The van der Waals surface area contributed by atoms with Gasteiger partial charge in [0.25, 0.3) is 5.91 Å². The number of benzene rings is 1. The van der Waals surface area contributed by atoms with E-state index in [-0.39, 0.29) is 24.8 Å². The molecule has 0 atom stereocenters. The van der Waals surface area contributed by atoms with Gasteiger partial charge >= 0.3 is 6.03 Å². The molecule has 2 rings (SSSR count). The number of amides is 4. The van der Waals surface area contributed by atoms with Gasteiger partial charge in [0.15, 0.2) is 0 Å². The first kappa shape index (κ1) is 17.6. The van der Waals surface area contributed by atoms with Crippen molar-refractivity contribution in [3.8, 4) is 5.75 Å². The van der Waals surface area contributed by atoms with Crippen LogP contribution in [0.5, 0.6) is 5.75 Å².